The molecule has 1 atom stereocenters. The number of pyridine rings is 1. The second-order valence-corrected chi connectivity index (χ2v) is 4.13. The highest BCUT2D eigenvalue weighted by Gasteiger charge is 2.14. The standard InChI is InChI=1S/C12H20N4O/c1-3-11(7-12(13)15-17)16(2)9-10-5-4-6-14-8-10/h4-6,8,11,17H,3,7,9H2,1-2H3,(H2,13,15). The maximum Gasteiger partial charge on any atom is 0.140 e. The van der Waals surface area contributed by atoms with Crippen LogP contribution in [0.2, 0.25) is 0 Å². The average Bonchev–Trinajstić information content (AvgIpc) is 2.36. The zero-order valence-electron chi connectivity index (χ0n) is 10.4. The molecule has 94 valence electrons. The van der Waals surface area contributed by atoms with E-state index in [1.165, 1.54) is 0 Å². The van der Waals surface area contributed by atoms with Crippen LogP contribution in [0.15, 0.2) is 29.7 Å². The molecule has 1 heterocycles. The summed E-state index contributed by atoms with van der Waals surface area (Å²) < 4.78 is 0. The smallest absolute Gasteiger partial charge is 0.140 e. The molecule has 0 fully saturated rings. The van der Waals surface area contributed by atoms with Gasteiger partial charge in [0.05, 0.1) is 0 Å². The van der Waals surface area contributed by atoms with Crippen molar-refractivity contribution in [3.05, 3.63) is 30.1 Å². The summed E-state index contributed by atoms with van der Waals surface area (Å²) in [6.07, 6.45) is 5.14. The van der Waals surface area contributed by atoms with Crippen molar-refractivity contribution in [3.63, 3.8) is 0 Å². The summed E-state index contributed by atoms with van der Waals surface area (Å²) in [6.45, 7) is 2.90. The fourth-order valence-electron chi connectivity index (χ4n) is 1.80. The van der Waals surface area contributed by atoms with Crippen LogP contribution in [0.1, 0.15) is 25.3 Å². The first kappa shape index (κ1) is 13.4. The van der Waals surface area contributed by atoms with E-state index in [4.69, 9.17) is 10.9 Å². The van der Waals surface area contributed by atoms with Gasteiger partial charge in [-0.1, -0.05) is 18.1 Å². The Morgan fingerprint density at radius 1 is 1.65 bits per heavy atom. The van der Waals surface area contributed by atoms with Gasteiger partial charge in [-0.05, 0) is 25.1 Å². The largest absolute Gasteiger partial charge is 0.409 e. The zero-order valence-corrected chi connectivity index (χ0v) is 10.4. The van der Waals surface area contributed by atoms with E-state index in [2.05, 4.69) is 22.0 Å². The van der Waals surface area contributed by atoms with E-state index >= 15 is 0 Å². The molecule has 17 heavy (non-hydrogen) atoms. The molecule has 0 aliphatic rings. The first-order valence-electron chi connectivity index (χ1n) is 5.73. The highest BCUT2D eigenvalue weighted by atomic mass is 16.4. The Bertz CT molecular complexity index is 353. The third-order valence-corrected chi connectivity index (χ3v) is 2.82. The lowest BCUT2D eigenvalue weighted by Crippen LogP contribution is -2.34. The van der Waals surface area contributed by atoms with Crippen LogP contribution in [-0.2, 0) is 6.54 Å². The average molecular weight is 236 g/mol. The van der Waals surface area contributed by atoms with E-state index in [0.29, 0.717) is 6.42 Å². The van der Waals surface area contributed by atoms with Crippen molar-refractivity contribution in [2.45, 2.75) is 32.4 Å². The van der Waals surface area contributed by atoms with Gasteiger partial charge in [0, 0.05) is 31.4 Å². The predicted molar refractivity (Wildman–Crippen MR) is 67.8 cm³/mol. The highest BCUT2D eigenvalue weighted by Crippen LogP contribution is 2.10. The maximum atomic E-state index is 8.59. The number of aromatic nitrogens is 1. The molecule has 1 rings (SSSR count). The molecule has 0 bridgehead atoms. The summed E-state index contributed by atoms with van der Waals surface area (Å²) >= 11 is 0. The van der Waals surface area contributed by atoms with Crippen molar-refractivity contribution in [3.8, 4) is 0 Å². The number of hydrogen-bond acceptors (Lipinski definition) is 4. The van der Waals surface area contributed by atoms with E-state index in [1.54, 1.807) is 6.20 Å². The topological polar surface area (TPSA) is 74.7 Å². The van der Waals surface area contributed by atoms with Gasteiger partial charge in [0.25, 0.3) is 0 Å². The van der Waals surface area contributed by atoms with Gasteiger partial charge in [-0.25, -0.2) is 0 Å². The van der Waals surface area contributed by atoms with Crippen LogP contribution in [0.4, 0.5) is 0 Å². The Morgan fingerprint density at radius 2 is 2.41 bits per heavy atom. The van der Waals surface area contributed by atoms with E-state index in [-0.39, 0.29) is 11.9 Å². The lowest BCUT2D eigenvalue weighted by atomic mass is 10.1. The fraction of sp³-hybridized carbons (Fsp3) is 0.500. The van der Waals surface area contributed by atoms with Crippen molar-refractivity contribution in [1.82, 2.24) is 9.88 Å². The Labute approximate surface area is 102 Å². The molecular formula is C12H20N4O. The summed E-state index contributed by atoms with van der Waals surface area (Å²) in [5.41, 5.74) is 6.70. The van der Waals surface area contributed by atoms with Crippen LogP contribution < -0.4 is 5.73 Å². The Morgan fingerprint density at radius 3 is 2.94 bits per heavy atom. The van der Waals surface area contributed by atoms with Gasteiger partial charge in [0.2, 0.25) is 0 Å². The summed E-state index contributed by atoms with van der Waals surface area (Å²) in [7, 11) is 2.03. The number of hydrogen-bond donors (Lipinski definition) is 2. The lowest BCUT2D eigenvalue weighted by Gasteiger charge is -2.26. The summed E-state index contributed by atoms with van der Waals surface area (Å²) in [5.74, 6) is 0.273. The van der Waals surface area contributed by atoms with Gasteiger partial charge in [-0.15, -0.1) is 0 Å². The van der Waals surface area contributed by atoms with E-state index in [0.717, 1.165) is 18.5 Å². The van der Waals surface area contributed by atoms with Crippen LogP contribution in [0.25, 0.3) is 0 Å². The Kier molecular flexibility index (Phi) is 5.42. The Balaban J connectivity index is 2.58. The fourth-order valence-corrected chi connectivity index (χ4v) is 1.80. The quantitative estimate of drug-likeness (QED) is 0.339. The third-order valence-electron chi connectivity index (χ3n) is 2.82. The molecule has 0 saturated heterocycles. The lowest BCUT2D eigenvalue weighted by molar-refractivity contribution is 0.229. The molecule has 1 aromatic heterocycles. The van der Waals surface area contributed by atoms with Crippen LogP contribution in [-0.4, -0.2) is 34.0 Å². The van der Waals surface area contributed by atoms with Gasteiger partial charge < -0.3 is 10.9 Å². The van der Waals surface area contributed by atoms with Crippen molar-refractivity contribution in [2.24, 2.45) is 10.9 Å². The minimum absolute atomic E-state index is 0.270. The van der Waals surface area contributed by atoms with Gasteiger partial charge in [-0.3, -0.25) is 9.88 Å². The monoisotopic (exact) mass is 236 g/mol. The van der Waals surface area contributed by atoms with E-state index in [1.807, 2.05) is 25.4 Å². The molecule has 0 amide bonds. The Hall–Kier alpha value is -1.62. The van der Waals surface area contributed by atoms with Crippen molar-refractivity contribution in [1.29, 1.82) is 0 Å². The van der Waals surface area contributed by atoms with Gasteiger partial charge in [0.1, 0.15) is 5.84 Å². The molecule has 0 aliphatic heterocycles. The van der Waals surface area contributed by atoms with Crippen molar-refractivity contribution >= 4 is 5.84 Å². The second kappa shape index (κ2) is 6.85. The molecule has 0 aliphatic carbocycles. The van der Waals surface area contributed by atoms with Gasteiger partial charge >= 0.3 is 0 Å². The maximum absolute atomic E-state index is 8.59. The van der Waals surface area contributed by atoms with Gasteiger partial charge in [0.15, 0.2) is 0 Å². The first-order chi connectivity index (χ1) is 8.17. The number of oxime groups is 1. The number of nitrogens with zero attached hydrogens (tertiary/aromatic N) is 3. The number of nitrogens with two attached hydrogens (primary N) is 1. The molecule has 0 spiro atoms. The zero-order chi connectivity index (χ0) is 12.7. The summed E-state index contributed by atoms with van der Waals surface area (Å²) in [6, 6.07) is 4.24. The van der Waals surface area contributed by atoms with E-state index in [9.17, 15) is 0 Å². The summed E-state index contributed by atoms with van der Waals surface area (Å²) in [4.78, 5) is 6.27. The molecule has 3 N–H and O–H groups in total. The van der Waals surface area contributed by atoms with Crippen LogP contribution in [0.5, 0.6) is 0 Å². The molecule has 0 radical (unpaired) electrons. The molecule has 1 unspecified atom stereocenters. The molecule has 0 saturated carbocycles. The van der Waals surface area contributed by atoms with E-state index < -0.39 is 0 Å². The number of rotatable bonds is 6. The molecular weight excluding hydrogens is 216 g/mol. The minimum Gasteiger partial charge on any atom is -0.409 e. The molecule has 1 aromatic rings. The van der Waals surface area contributed by atoms with Crippen LogP contribution in [0.3, 0.4) is 0 Å². The first-order valence-corrected chi connectivity index (χ1v) is 5.73. The summed E-state index contributed by atoms with van der Waals surface area (Å²) in [5, 5.41) is 11.6. The predicted octanol–water partition coefficient (Wildman–Crippen LogP) is 1.43. The molecule has 5 heteroatoms. The molecule has 0 aromatic carbocycles. The van der Waals surface area contributed by atoms with Gasteiger partial charge in [-0.2, -0.15) is 0 Å². The molecule has 5 nitrogen and oxygen atoms in total. The minimum atomic E-state index is 0.270. The highest BCUT2D eigenvalue weighted by molar-refractivity contribution is 5.80. The second-order valence-electron chi connectivity index (χ2n) is 4.13. The van der Waals surface area contributed by atoms with Crippen LogP contribution >= 0.6 is 0 Å². The van der Waals surface area contributed by atoms with Crippen molar-refractivity contribution < 1.29 is 5.21 Å². The normalized spacial score (nSPS) is 13.9. The van der Waals surface area contributed by atoms with Crippen molar-refractivity contribution in [2.75, 3.05) is 7.05 Å². The third kappa shape index (κ3) is 4.40. The SMILES string of the molecule is CCC(C/C(N)=N/O)N(C)Cc1cccnc1. The number of amidine groups is 1. The van der Waals surface area contributed by atoms with Crippen LogP contribution in [0, 0.1) is 0 Å².